The molecule has 3 aromatic carbocycles. The van der Waals surface area contributed by atoms with E-state index in [1.165, 1.54) is 36.6 Å². The third kappa shape index (κ3) is 6.69. The van der Waals surface area contributed by atoms with Gasteiger partial charge in [-0.3, -0.25) is 4.79 Å². The third-order valence-electron chi connectivity index (χ3n) is 5.99. The minimum atomic E-state index is -4.76. The van der Waals surface area contributed by atoms with Crippen LogP contribution in [0, 0.1) is 0 Å². The van der Waals surface area contributed by atoms with Gasteiger partial charge in [-0.25, -0.2) is 0 Å². The van der Waals surface area contributed by atoms with E-state index >= 15 is 0 Å². The maximum absolute atomic E-state index is 13.6. The number of hydrogen-bond donors (Lipinski definition) is 1. The summed E-state index contributed by atoms with van der Waals surface area (Å²) in [5, 5.41) is 3.43. The predicted molar refractivity (Wildman–Crippen MR) is 131 cm³/mol. The first-order chi connectivity index (χ1) is 16.7. The Kier molecular flexibility index (Phi) is 7.55. The monoisotopic (exact) mass is 502 g/mol. The lowest BCUT2D eigenvalue weighted by atomic mass is 10.1. The molecule has 1 aliphatic rings. The van der Waals surface area contributed by atoms with Crippen molar-refractivity contribution >= 4 is 23.2 Å². The maximum Gasteiger partial charge on any atom is 0.573 e. The van der Waals surface area contributed by atoms with Crippen molar-refractivity contribution in [3.05, 3.63) is 94.0 Å². The highest BCUT2D eigenvalue weighted by Gasteiger charge is 2.31. The highest BCUT2D eigenvalue weighted by molar-refractivity contribution is 6.34. The molecular weight excluding hydrogens is 477 g/mol. The van der Waals surface area contributed by atoms with Gasteiger partial charge in [-0.05, 0) is 66.1 Å². The molecule has 0 aromatic heterocycles. The second kappa shape index (κ2) is 10.6. The molecule has 1 saturated carbocycles. The average Bonchev–Trinajstić information content (AvgIpc) is 3.66. The van der Waals surface area contributed by atoms with Crippen LogP contribution < -0.4 is 10.1 Å². The summed E-state index contributed by atoms with van der Waals surface area (Å²) in [6.45, 7) is 0.659. The zero-order valence-electron chi connectivity index (χ0n) is 19.2. The lowest BCUT2D eigenvalue weighted by molar-refractivity contribution is -0.274. The first-order valence-corrected chi connectivity index (χ1v) is 11.8. The van der Waals surface area contributed by atoms with E-state index in [2.05, 4.69) is 22.2 Å². The second-order valence-electron chi connectivity index (χ2n) is 8.60. The molecule has 0 heterocycles. The summed E-state index contributed by atoms with van der Waals surface area (Å²) in [4.78, 5) is 15.3. The summed E-state index contributed by atoms with van der Waals surface area (Å²) in [5.41, 5.74) is 3.89. The van der Waals surface area contributed by atoms with Gasteiger partial charge < -0.3 is 15.0 Å². The van der Waals surface area contributed by atoms with Crippen LogP contribution in [0.15, 0.2) is 66.7 Å². The summed E-state index contributed by atoms with van der Waals surface area (Å²) in [6, 6.07) is 19.2. The quantitative estimate of drug-likeness (QED) is 0.341. The van der Waals surface area contributed by atoms with E-state index in [4.69, 9.17) is 11.6 Å². The number of carbonyl (C=O) groups excluding carboxylic acids is 1. The topological polar surface area (TPSA) is 41.6 Å². The molecule has 4 rings (SSSR count). The van der Waals surface area contributed by atoms with E-state index in [9.17, 15) is 18.0 Å². The molecule has 1 N–H and O–H groups in total. The molecule has 0 aliphatic heterocycles. The van der Waals surface area contributed by atoms with Gasteiger partial charge in [0.1, 0.15) is 5.75 Å². The molecule has 4 nitrogen and oxygen atoms in total. The minimum absolute atomic E-state index is 0.217. The number of ether oxygens (including phenoxy) is 1. The lowest BCUT2D eigenvalue weighted by Gasteiger charge is -2.25. The molecule has 0 saturated heterocycles. The summed E-state index contributed by atoms with van der Waals surface area (Å²) in [6.07, 6.45) is -1.98. The van der Waals surface area contributed by atoms with E-state index in [1.54, 1.807) is 36.2 Å². The van der Waals surface area contributed by atoms with Crippen molar-refractivity contribution in [2.24, 2.45) is 0 Å². The fourth-order valence-electron chi connectivity index (χ4n) is 4.07. The zero-order valence-corrected chi connectivity index (χ0v) is 20.0. The molecule has 0 unspecified atom stereocenters. The molecule has 0 bridgehead atoms. The normalized spacial score (nSPS) is 13.4. The molecule has 0 atom stereocenters. The third-order valence-corrected chi connectivity index (χ3v) is 6.30. The second-order valence-corrected chi connectivity index (χ2v) is 9.01. The fourth-order valence-corrected chi connectivity index (χ4v) is 4.34. The standard InChI is InChI=1S/C27H26ClF3N2O2/c1-32-25-23(6-3-7-24(25)28)26(34)33(17-19-8-10-20(11-9-19)21-12-13-21)15-14-18-4-2-5-22(16-18)35-27(29,30)31/h2-11,16,21,32H,12-15,17H2,1H3. The molecule has 1 aliphatic carbocycles. The summed E-state index contributed by atoms with van der Waals surface area (Å²) in [5.74, 6) is 0.138. The van der Waals surface area contributed by atoms with E-state index in [0.29, 0.717) is 47.3 Å². The van der Waals surface area contributed by atoms with Gasteiger partial charge in [-0.1, -0.05) is 54.1 Å². The lowest BCUT2D eigenvalue weighted by Crippen LogP contribution is -2.33. The van der Waals surface area contributed by atoms with Crippen molar-refractivity contribution < 1.29 is 22.7 Å². The smallest absolute Gasteiger partial charge is 0.406 e. The molecule has 1 fully saturated rings. The van der Waals surface area contributed by atoms with Crippen LogP contribution in [0.3, 0.4) is 0 Å². The van der Waals surface area contributed by atoms with Gasteiger partial charge in [0.05, 0.1) is 16.3 Å². The number of amides is 1. The van der Waals surface area contributed by atoms with Gasteiger partial charge in [0.15, 0.2) is 0 Å². The van der Waals surface area contributed by atoms with Gasteiger partial charge in [-0.15, -0.1) is 13.2 Å². The first kappa shape index (κ1) is 24.9. The Balaban J connectivity index is 1.56. The van der Waals surface area contributed by atoms with Gasteiger partial charge in [0, 0.05) is 20.1 Å². The van der Waals surface area contributed by atoms with Gasteiger partial charge in [0.25, 0.3) is 5.91 Å². The number of anilines is 1. The van der Waals surface area contributed by atoms with Crippen molar-refractivity contribution in [1.29, 1.82) is 0 Å². The van der Waals surface area contributed by atoms with E-state index in [0.717, 1.165) is 5.56 Å². The number of hydrogen-bond acceptors (Lipinski definition) is 3. The first-order valence-electron chi connectivity index (χ1n) is 11.4. The Morgan fingerprint density at radius 3 is 2.43 bits per heavy atom. The number of nitrogens with one attached hydrogen (secondary N) is 1. The number of carbonyl (C=O) groups is 1. The van der Waals surface area contributed by atoms with Crippen molar-refractivity contribution in [1.82, 2.24) is 4.90 Å². The number of rotatable bonds is 9. The van der Waals surface area contributed by atoms with Crippen molar-refractivity contribution in [3.8, 4) is 5.75 Å². The summed E-state index contributed by atoms with van der Waals surface area (Å²) < 4.78 is 41.9. The van der Waals surface area contributed by atoms with Gasteiger partial charge in [0.2, 0.25) is 0 Å². The fraction of sp³-hybridized carbons (Fsp3) is 0.296. The Hall–Kier alpha value is -3.19. The van der Waals surface area contributed by atoms with Crippen molar-refractivity contribution in [2.45, 2.75) is 38.1 Å². The van der Waals surface area contributed by atoms with E-state index in [1.807, 2.05) is 12.1 Å². The number of nitrogens with zero attached hydrogens (tertiary/aromatic N) is 1. The number of halogens is 4. The maximum atomic E-state index is 13.6. The van der Waals surface area contributed by atoms with Crippen molar-refractivity contribution in [3.63, 3.8) is 0 Å². The largest absolute Gasteiger partial charge is 0.573 e. The highest BCUT2D eigenvalue weighted by Crippen LogP contribution is 2.40. The molecule has 0 radical (unpaired) electrons. The van der Waals surface area contributed by atoms with E-state index < -0.39 is 6.36 Å². The molecule has 35 heavy (non-hydrogen) atoms. The number of benzene rings is 3. The predicted octanol–water partition coefficient (Wildman–Crippen LogP) is 7.04. The van der Waals surface area contributed by atoms with Crippen LogP contribution >= 0.6 is 11.6 Å². The molecule has 1 amide bonds. The van der Waals surface area contributed by atoms with Crippen molar-refractivity contribution in [2.75, 3.05) is 18.9 Å². The number of para-hydroxylation sites is 1. The molecule has 184 valence electrons. The Morgan fingerprint density at radius 2 is 1.77 bits per heavy atom. The van der Waals surface area contributed by atoms with Crippen LogP contribution in [-0.4, -0.2) is 30.8 Å². The van der Waals surface area contributed by atoms with E-state index in [-0.39, 0.29) is 11.7 Å². The summed E-state index contributed by atoms with van der Waals surface area (Å²) in [7, 11) is 1.70. The molecule has 8 heteroatoms. The van der Waals surface area contributed by atoms with Crippen LogP contribution in [0.25, 0.3) is 0 Å². The van der Waals surface area contributed by atoms with Crippen LogP contribution in [0.1, 0.15) is 45.8 Å². The molecule has 0 spiro atoms. The zero-order chi connectivity index (χ0) is 25.0. The van der Waals surface area contributed by atoms with Crippen LogP contribution in [0.2, 0.25) is 5.02 Å². The minimum Gasteiger partial charge on any atom is -0.406 e. The number of alkyl halides is 3. The van der Waals surface area contributed by atoms with Crippen LogP contribution in [-0.2, 0) is 13.0 Å². The highest BCUT2D eigenvalue weighted by atomic mass is 35.5. The van der Waals surface area contributed by atoms with Crippen LogP contribution in [0.5, 0.6) is 5.75 Å². The van der Waals surface area contributed by atoms with Gasteiger partial charge in [-0.2, -0.15) is 0 Å². The average molecular weight is 503 g/mol. The molecule has 3 aromatic rings. The summed E-state index contributed by atoms with van der Waals surface area (Å²) >= 11 is 6.30. The molecular formula is C27H26ClF3N2O2. The Labute approximate surface area is 207 Å². The SMILES string of the molecule is CNc1c(Cl)cccc1C(=O)N(CCc1cccc(OC(F)(F)F)c1)Cc1ccc(C2CC2)cc1. The van der Waals surface area contributed by atoms with Crippen LogP contribution in [0.4, 0.5) is 18.9 Å². The van der Waals surface area contributed by atoms with Gasteiger partial charge >= 0.3 is 6.36 Å². The Bertz CT molecular complexity index is 1180. The Morgan fingerprint density at radius 1 is 1.06 bits per heavy atom.